The Labute approximate surface area is 163 Å². The van der Waals surface area contributed by atoms with Crippen LogP contribution in [0.2, 0.25) is 0 Å². The SMILES string of the molecule is CC(C)(C)OC(=O)N[C@@H]1CCC[C@@H](NC(=O)c2ccc(C(C)(C)C)cc2)C1. The molecule has 2 atom stereocenters. The molecule has 2 rings (SSSR count). The molecule has 5 heteroatoms. The Hall–Kier alpha value is -2.04. The number of amides is 2. The normalized spacial score (nSPS) is 20.7. The van der Waals surface area contributed by atoms with E-state index in [2.05, 4.69) is 31.4 Å². The van der Waals surface area contributed by atoms with E-state index in [-0.39, 0.29) is 23.4 Å². The summed E-state index contributed by atoms with van der Waals surface area (Å²) in [4.78, 5) is 24.5. The highest BCUT2D eigenvalue weighted by Crippen LogP contribution is 2.23. The van der Waals surface area contributed by atoms with Crippen molar-refractivity contribution < 1.29 is 14.3 Å². The van der Waals surface area contributed by atoms with Crippen molar-refractivity contribution in [3.63, 3.8) is 0 Å². The fraction of sp³-hybridized carbons (Fsp3) is 0.636. The minimum atomic E-state index is -0.508. The van der Waals surface area contributed by atoms with Gasteiger partial charge in [-0.15, -0.1) is 0 Å². The third-order valence-corrected chi connectivity index (χ3v) is 4.74. The molecule has 0 radical (unpaired) electrons. The van der Waals surface area contributed by atoms with Crippen LogP contribution in [0.4, 0.5) is 4.79 Å². The highest BCUT2D eigenvalue weighted by Gasteiger charge is 2.26. The molecule has 1 aromatic rings. The zero-order valence-electron chi connectivity index (χ0n) is 17.5. The lowest BCUT2D eigenvalue weighted by molar-refractivity contribution is 0.0489. The van der Waals surface area contributed by atoms with Crippen LogP contribution in [0.5, 0.6) is 0 Å². The van der Waals surface area contributed by atoms with Gasteiger partial charge in [0.05, 0.1) is 0 Å². The van der Waals surface area contributed by atoms with E-state index in [1.54, 1.807) is 0 Å². The van der Waals surface area contributed by atoms with Crippen LogP contribution >= 0.6 is 0 Å². The number of rotatable bonds is 3. The summed E-state index contributed by atoms with van der Waals surface area (Å²) < 4.78 is 5.33. The molecule has 1 fully saturated rings. The van der Waals surface area contributed by atoms with Crippen LogP contribution in [-0.4, -0.2) is 29.7 Å². The lowest BCUT2D eigenvalue weighted by Gasteiger charge is -2.31. The second-order valence-corrected chi connectivity index (χ2v) is 9.51. The standard InChI is InChI=1S/C22H34N2O3/c1-21(2,3)16-12-10-15(11-13-16)19(25)23-17-8-7-9-18(14-17)24-20(26)27-22(4,5)6/h10-13,17-18H,7-9,14H2,1-6H3,(H,23,25)(H,24,26)/t17-,18-/m1/s1. The van der Waals surface area contributed by atoms with Gasteiger partial charge in [0.15, 0.2) is 0 Å². The van der Waals surface area contributed by atoms with Crippen molar-refractivity contribution in [2.45, 2.75) is 90.3 Å². The smallest absolute Gasteiger partial charge is 0.407 e. The Morgan fingerprint density at radius 1 is 0.926 bits per heavy atom. The highest BCUT2D eigenvalue weighted by molar-refractivity contribution is 5.94. The molecule has 150 valence electrons. The molecule has 0 unspecified atom stereocenters. The minimum absolute atomic E-state index is 0.0298. The Morgan fingerprint density at radius 3 is 2.00 bits per heavy atom. The molecule has 0 saturated heterocycles. The van der Waals surface area contributed by atoms with Gasteiger partial charge < -0.3 is 15.4 Å². The summed E-state index contributed by atoms with van der Waals surface area (Å²) in [6.07, 6.45) is 3.14. The summed E-state index contributed by atoms with van der Waals surface area (Å²) in [5.74, 6) is -0.0571. The van der Waals surface area contributed by atoms with E-state index >= 15 is 0 Å². The minimum Gasteiger partial charge on any atom is -0.444 e. The summed E-state index contributed by atoms with van der Waals surface area (Å²) in [6.45, 7) is 12.0. The first-order chi connectivity index (χ1) is 12.4. The molecule has 27 heavy (non-hydrogen) atoms. The first-order valence-corrected chi connectivity index (χ1v) is 9.85. The number of benzene rings is 1. The van der Waals surface area contributed by atoms with Gasteiger partial charge >= 0.3 is 6.09 Å². The predicted molar refractivity (Wildman–Crippen MR) is 108 cm³/mol. The maximum atomic E-state index is 12.6. The summed E-state index contributed by atoms with van der Waals surface area (Å²) in [7, 11) is 0. The zero-order valence-corrected chi connectivity index (χ0v) is 17.5. The molecule has 1 aliphatic rings. The van der Waals surface area contributed by atoms with E-state index in [1.165, 1.54) is 5.56 Å². The van der Waals surface area contributed by atoms with Gasteiger partial charge in [-0.1, -0.05) is 32.9 Å². The number of nitrogens with one attached hydrogen (secondary N) is 2. The number of hydrogen-bond donors (Lipinski definition) is 2. The summed E-state index contributed by atoms with van der Waals surface area (Å²) in [6, 6.07) is 7.89. The number of ether oxygens (including phenoxy) is 1. The van der Waals surface area contributed by atoms with Crippen LogP contribution in [0, 0.1) is 0 Å². The van der Waals surface area contributed by atoms with Crippen LogP contribution in [0.1, 0.15) is 83.1 Å². The van der Waals surface area contributed by atoms with Gasteiger partial charge in [0, 0.05) is 17.6 Å². The molecule has 1 aromatic carbocycles. The van der Waals surface area contributed by atoms with Gasteiger partial charge in [-0.2, -0.15) is 0 Å². The molecule has 0 spiro atoms. The monoisotopic (exact) mass is 374 g/mol. The van der Waals surface area contributed by atoms with Gasteiger partial charge in [-0.3, -0.25) is 4.79 Å². The van der Waals surface area contributed by atoms with Crippen LogP contribution in [-0.2, 0) is 10.2 Å². The number of alkyl carbamates (subject to hydrolysis) is 1. The topological polar surface area (TPSA) is 67.4 Å². The summed E-state index contributed by atoms with van der Waals surface area (Å²) >= 11 is 0. The van der Waals surface area contributed by atoms with Gasteiger partial charge in [-0.25, -0.2) is 4.79 Å². The molecular formula is C22H34N2O3. The van der Waals surface area contributed by atoms with E-state index < -0.39 is 11.7 Å². The average Bonchev–Trinajstić information content (AvgIpc) is 2.52. The van der Waals surface area contributed by atoms with Crippen molar-refractivity contribution in [1.29, 1.82) is 0 Å². The average molecular weight is 375 g/mol. The zero-order chi connectivity index (χ0) is 20.2. The molecular weight excluding hydrogens is 340 g/mol. The Bertz CT molecular complexity index is 654. The molecule has 0 aromatic heterocycles. The van der Waals surface area contributed by atoms with Crippen LogP contribution < -0.4 is 10.6 Å². The maximum Gasteiger partial charge on any atom is 0.407 e. The lowest BCUT2D eigenvalue weighted by Crippen LogP contribution is -2.46. The highest BCUT2D eigenvalue weighted by atomic mass is 16.6. The van der Waals surface area contributed by atoms with Gasteiger partial charge in [0.2, 0.25) is 0 Å². The van der Waals surface area contributed by atoms with Crippen LogP contribution in [0.15, 0.2) is 24.3 Å². The molecule has 0 aliphatic heterocycles. The molecule has 0 heterocycles. The third-order valence-electron chi connectivity index (χ3n) is 4.74. The van der Waals surface area contributed by atoms with E-state index in [0.29, 0.717) is 5.56 Å². The Kier molecular flexibility index (Phi) is 6.55. The van der Waals surface area contributed by atoms with Crippen molar-refractivity contribution in [2.75, 3.05) is 0 Å². The van der Waals surface area contributed by atoms with E-state index in [1.807, 2.05) is 45.0 Å². The van der Waals surface area contributed by atoms with Crippen molar-refractivity contribution in [2.24, 2.45) is 0 Å². The maximum absolute atomic E-state index is 12.6. The second-order valence-electron chi connectivity index (χ2n) is 9.51. The number of hydrogen-bond acceptors (Lipinski definition) is 3. The number of carbonyl (C=O) groups excluding carboxylic acids is 2. The van der Waals surface area contributed by atoms with Crippen molar-refractivity contribution in [3.05, 3.63) is 35.4 Å². The van der Waals surface area contributed by atoms with Gasteiger partial charge in [0.1, 0.15) is 5.60 Å². The molecule has 1 saturated carbocycles. The molecule has 2 N–H and O–H groups in total. The first-order valence-electron chi connectivity index (χ1n) is 9.85. The van der Waals surface area contributed by atoms with Crippen molar-refractivity contribution >= 4 is 12.0 Å². The van der Waals surface area contributed by atoms with E-state index in [0.717, 1.165) is 25.7 Å². The first kappa shape index (κ1) is 21.3. The Morgan fingerprint density at radius 2 is 1.48 bits per heavy atom. The molecule has 5 nitrogen and oxygen atoms in total. The fourth-order valence-electron chi connectivity index (χ4n) is 3.32. The van der Waals surface area contributed by atoms with E-state index in [4.69, 9.17) is 4.74 Å². The molecule has 1 aliphatic carbocycles. The van der Waals surface area contributed by atoms with Gasteiger partial charge in [-0.05, 0) is 69.6 Å². The van der Waals surface area contributed by atoms with E-state index in [9.17, 15) is 9.59 Å². The fourth-order valence-corrected chi connectivity index (χ4v) is 3.32. The quantitative estimate of drug-likeness (QED) is 0.815. The van der Waals surface area contributed by atoms with Crippen molar-refractivity contribution in [3.8, 4) is 0 Å². The van der Waals surface area contributed by atoms with Crippen LogP contribution in [0.25, 0.3) is 0 Å². The lowest BCUT2D eigenvalue weighted by atomic mass is 9.86. The van der Waals surface area contributed by atoms with Crippen molar-refractivity contribution in [1.82, 2.24) is 10.6 Å². The molecule has 0 bridgehead atoms. The Balaban J connectivity index is 1.89. The third kappa shape index (κ3) is 6.89. The van der Waals surface area contributed by atoms with Crippen LogP contribution in [0.3, 0.4) is 0 Å². The summed E-state index contributed by atoms with van der Waals surface area (Å²) in [5.41, 5.74) is 1.44. The number of carbonyl (C=O) groups is 2. The largest absolute Gasteiger partial charge is 0.444 e. The predicted octanol–water partition coefficient (Wildman–Crippen LogP) is 4.55. The second kappa shape index (κ2) is 8.32. The van der Waals surface area contributed by atoms with Gasteiger partial charge in [0.25, 0.3) is 5.91 Å². The molecule has 2 amide bonds. The summed E-state index contributed by atoms with van der Waals surface area (Å²) in [5, 5.41) is 6.04.